The van der Waals surface area contributed by atoms with Gasteiger partial charge in [-0.15, -0.1) is 24.2 Å². The summed E-state index contributed by atoms with van der Waals surface area (Å²) in [6.45, 7) is 4.24. The fourth-order valence-electron chi connectivity index (χ4n) is 0.773. The summed E-state index contributed by atoms with van der Waals surface area (Å²) >= 11 is 5.29. The largest absolute Gasteiger partial charge is 0.275 e. The van der Waals surface area contributed by atoms with E-state index < -0.39 is 0 Å². The van der Waals surface area contributed by atoms with E-state index in [-0.39, 0.29) is 17.9 Å². The average Bonchev–Trinajstić information content (AvgIpc) is 2.13. The third-order valence-corrected chi connectivity index (χ3v) is 3.79. The fourth-order valence-corrected chi connectivity index (χ4v) is 2.33. The lowest BCUT2D eigenvalue weighted by Gasteiger charge is -2.14. The minimum absolute atomic E-state index is 0. The number of hydrogen-bond donors (Lipinski definition) is 0. The molecular weight excluding hydrogens is 233 g/mol. The maximum atomic E-state index is 4.47. The minimum atomic E-state index is 0. The summed E-state index contributed by atoms with van der Waals surface area (Å²) in [4.78, 5) is 4.47. The summed E-state index contributed by atoms with van der Waals surface area (Å²) in [6.07, 6.45) is 0. The number of thioether (sulfide) groups is 1. The summed E-state index contributed by atoms with van der Waals surface area (Å²) in [6, 6.07) is 0. The van der Waals surface area contributed by atoms with Crippen molar-refractivity contribution >= 4 is 45.1 Å². The van der Waals surface area contributed by atoms with Crippen LogP contribution >= 0.6 is 40.1 Å². The van der Waals surface area contributed by atoms with Gasteiger partial charge in [-0.3, -0.25) is 4.99 Å². The highest BCUT2D eigenvalue weighted by Gasteiger charge is 2.27. The molecule has 1 aliphatic rings. The molecule has 1 nitrogen and oxygen atoms in total. The quantitative estimate of drug-likeness (QED) is 0.646. The molecule has 0 spiro atoms. The van der Waals surface area contributed by atoms with Gasteiger partial charge in [0, 0.05) is 11.1 Å². The second-order valence-corrected chi connectivity index (χ2v) is 4.28. The van der Waals surface area contributed by atoms with Gasteiger partial charge in [0.05, 0.1) is 10.6 Å². The number of aliphatic imine (C=N–C) groups is 1. The van der Waals surface area contributed by atoms with Gasteiger partial charge in [-0.25, -0.2) is 0 Å². The van der Waals surface area contributed by atoms with E-state index in [1.807, 2.05) is 11.8 Å². The summed E-state index contributed by atoms with van der Waals surface area (Å²) < 4.78 is 0. The van der Waals surface area contributed by atoms with Gasteiger partial charge in [0.2, 0.25) is 0 Å². The Kier molecular flexibility index (Phi) is 4.29. The summed E-state index contributed by atoms with van der Waals surface area (Å²) in [5.74, 6) is 1.13. The van der Waals surface area contributed by atoms with E-state index >= 15 is 0 Å². The highest BCUT2D eigenvalue weighted by Crippen LogP contribution is 2.28. The molecular formula is C6H11BrClNS. The van der Waals surface area contributed by atoms with Crippen molar-refractivity contribution in [3.63, 3.8) is 0 Å². The molecule has 4 heteroatoms. The van der Waals surface area contributed by atoms with E-state index in [4.69, 9.17) is 0 Å². The van der Waals surface area contributed by atoms with Crippen LogP contribution in [0.5, 0.6) is 0 Å². The van der Waals surface area contributed by atoms with Crippen LogP contribution in [0.4, 0.5) is 0 Å². The van der Waals surface area contributed by atoms with Crippen LogP contribution in [0.15, 0.2) is 4.99 Å². The molecule has 0 fully saturated rings. The molecule has 0 aliphatic carbocycles. The van der Waals surface area contributed by atoms with Crippen LogP contribution in [-0.2, 0) is 0 Å². The van der Waals surface area contributed by atoms with Crippen molar-refractivity contribution in [3.05, 3.63) is 0 Å². The Morgan fingerprint density at radius 3 is 2.60 bits per heavy atom. The first kappa shape index (κ1) is 10.8. The van der Waals surface area contributed by atoms with Crippen molar-refractivity contribution in [2.75, 3.05) is 11.1 Å². The van der Waals surface area contributed by atoms with E-state index in [9.17, 15) is 0 Å². The lowest BCUT2D eigenvalue weighted by molar-refractivity contribution is 0.620. The van der Waals surface area contributed by atoms with Crippen LogP contribution in [-0.4, -0.2) is 21.7 Å². The summed E-state index contributed by atoms with van der Waals surface area (Å²) in [7, 11) is 0. The van der Waals surface area contributed by atoms with Gasteiger partial charge in [0.25, 0.3) is 0 Å². The third kappa shape index (κ3) is 2.44. The zero-order valence-corrected chi connectivity index (χ0v) is 9.27. The molecule has 1 atom stereocenters. The van der Waals surface area contributed by atoms with Crippen LogP contribution in [0.3, 0.4) is 0 Å². The van der Waals surface area contributed by atoms with Crippen molar-refractivity contribution in [2.24, 2.45) is 4.99 Å². The number of hydrogen-bond acceptors (Lipinski definition) is 2. The van der Waals surface area contributed by atoms with Gasteiger partial charge in [0.1, 0.15) is 0 Å². The first-order valence-electron chi connectivity index (χ1n) is 2.91. The zero-order valence-electron chi connectivity index (χ0n) is 6.06. The topological polar surface area (TPSA) is 12.4 Å². The van der Waals surface area contributed by atoms with Crippen LogP contribution in [0.25, 0.3) is 0 Å². The monoisotopic (exact) mass is 243 g/mol. The number of nitrogens with zero attached hydrogens (tertiary/aromatic N) is 1. The summed E-state index contributed by atoms with van der Waals surface area (Å²) in [5, 5.41) is 2.20. The molecule has 0 bridgehead atoms. The number of rotatable bonds is 1. The standard InChI is InChI=1S/C6H10BrNS.ClH/c1-5-8-6(2,3-7)4-9-5;/h3-4H2,1-2H3;1H. The third-order valence-electron chi connectivity index (χ3n) is 1.31. The Morgan fingerprint density at radius 1 is 1.80 bits per heavy atom. The fraction of sp³-hybridized carbons (Fsp3) is 0.833. The molecule has 1 unspecified atom stereocenters. The number of alkyl halides is 1. The van der Waals surface area contributed by atoms with Crippen molar-refractivity contribution in [2.45, 2.75) is 19.4 Å². The second kappa shape index (κ2) is 3.98. The first-order chi connectivity index (χ1) is 4.16. The Balaban J connectivity index is 0.000000810. The van der Waals surface area contributed by atoms with E-state index in [0.29, 0.717) is 0 Å². The zero-order chi connectivity index (χ0) is 6.91. The van der Waals surface area contributed by atoms with Crippen molar-refractivity contribution in [1.82, 2.24) is 0 Å². The molecule has 0 saturated heterocycles. The van der Waals surface area contributed by atoms with Crippen molar-refractivity contribution < 1.29 is 0 Å². The molecule has 0 aromatic heterocycles. The lowest BCUT2D eigenvalue weighted by Crippen LogP contribution is -2.23. The van der Waals surface area contributed by atoms with E-state index in [1.54, 1.807) is 0 Å². The minimum Gasteiger partial charge on any atom is -0.275 e. The smallest absolute Gasteiger partial charge is 0.0779 e. The molecule has 10 heavy (non-hydrogen) atoms. The summed E-state index contributed by atoms with van der Waals surface area (Å²) in [5.41, 5.74) is 0.175. The van der Waals surface area contributed by atoms with Gasteiger partial charge in [0.15, 0.2) is 0 Å². The van der Waals surface area contributed by atoms with Gasteiger partial charge < -0.3 is 0 Å². The molecule has 1 heterocycles. The predicted octanol–water partition coefficient (Wildman–Crippen LogP) is 2.73. The Bertz CT molecular complexity index is 151. The van der Waals surface area contributed by atoms with Crippen LogP contribution in [0.2, 0.25) is 0 Å². The van der Waals surface area contributed by atoms with E-state index in [2.05, 4.69) is 34.8 Å². The number of halogens is 2. The maximum absolute atomic E-state index is 4.47. The Labute approximate surface area is 80.6 Å². The first-order valence-corrected chi connectivity index (χ1v) is 5.02. The highest BCUT2D eigenvalue weighted by atomic mass is 79.9. The average molecular weight is 245 g/mol. The SMILES string of the molecule is CC1=NC(C)(CBr)CS1.Cl. The molecule has 0 N–H and O–H groups in total. The molecule has 1 aliphatic heterocycles. The molecule has 0 aromatic carbocycles. The van der Waals surface area contributed by atoms with Crippen molar-refractivity contribution in [3.8, 4) is 0 Å². The van der Waals surface area contributed by atoms with Crippen LogP contribution in [0, 0.1) is 0 Å². The van der Waals surface area contributed by atoms with Crippen LogP contribution in [0.1, 0.15) is 13.8 Å². The molecule has 0 saturated carbocycles. The Morgan fingerprint density at radius 2 is 2.40 bits per heavy atom. The molecule has 0 amide bonds. The molecule has 0 aromatic rings. The molecule has 60 valence electrons. The van der Waals surface area contributed by atoms with E-state index in [0.717, 1.165) is 11.1 Å². The molecule has 0 radical (unpaired) electrons. The lowest BCUT2D eigenvalue weighted by atomic mass is 10.1. The highest BCUT2D eigenvalue weighted by molar-refractivity contribution is 9.09. The van der Waals surface area contributed by atoms with E-state index in [1.165, 1.54) is 5.04 Å². The predicted molar refractivity (Wildman–Crippen MR) is 55.0 cm³/mol. The van der Waals surface area contributed by atoms with Gasteiger partial charge in [-0.1, -0.05) is 15.9 Å². The van der Waals surface area contributed by atoms with Gasteiger partial charge in [-0.2, -0.15) is 0 Å². The Hall–Kier alpha value is 0.790. The molecule has 1 rings (SSSR count). The normalized spacial score (nSPS) is 31.3. The van der Waals surface area contributed by atoms with Gasteiger partial charge in [-0.05, 0) is 13.8 Å². The van der Waals surface area contributed by atoms with Crippen molar-refractivity contribution in [1.29, 1.82) is 0 Å². The second-order valence-electron chi connectivity index (χ2n) is 2.55. The van der Waals surface area contributed by atoms with Crippen LogP contribution < -0.4 is 0 Å². The maximum Gasteiger partial charge on any atom is 0.0779 e. The van der Waals surface area contributed by atoms with Gasteiger partial charge >= 0.3 is 0 Å².